The van der Waals surface area contributed by atoms with Crippen molar-refractivity contribution in [1.29, 1.82) is 0 Å². The van der Waals surface area contributed by atoms with Crippen molar-refractivity contribution in [2.75, 3.05) is 19.4 Å². The van der Waals surface area contributed by atoms with Gasteiger partial charge in [0.25, 0.3) is 0 Å². The molecular weight excluding hydrogens is 273 g/mol. The van der Waals surface area contributed by atoms with E-state index in [1.807, 2.05) is 0 Å². The Morgan fingerprint density at radius 2 is 2.24 bits per heavy atom. The number of fused-ring (bicyclic) bond motifs is 1. The first-order chi connectivity index (χ1) is 10.2. The molecule has 3 rings (SSSR count). The van der Waals surface area contributed by atoms with Crippen LogP contribution in [-0.2, 0) is 19.5 Å². The average Bonchev–Trinajstić information content (AvgIpc) is 2.48. The summed E-state index contributed by atoms with van der Waals surface area (Å²) in [5.41, 5.74) is 8.46. The summed E-state index contributed by atoms with van der Waals surface area (Å²) < 4.78 is 18.5. The Hall–Kier alpha value is -2.28. The second kappa shape index (κ2) is 5.61. The van der Waals surface area contributed by atoms with Crippen molar-refractivity contribution in [1.82, 2.24) is 19.9 Å². The smallest absolute Gasteiger partial charge is 0.250 e. The third-order valence-corrected chi connectivity index (χ3v) is 3.50. The number of methoxy groups -OCH3 is 1. The average molecular weight is 289 g/mol. The quantitative estimate of drug-likeness (QED) is 0.913. The highest BCUT2D eigenvalue weighted by Crippen LogP contribution is 2.20. The first-order valence-corrected chi connectivity index (χ1v) is 6.66. The Morgan fingerprint density at radius 3 is 3.00 bits per heavy atom. The maximum Gasteiger partial charge on any atom is 0.250 e. The van der Waals surface area contributed by atoms with Crippen LogP contribution in [-0.4, -0.2) is 33.5 Å². The molecule has 0 aromatic carbocycles. The molecule has 2 aromatic rings. The maximum absolute atomic E-state index is 13.6. The number of nitrogens with zero attached hydrogens (tertiary/aromatic N) is 4. The summed E-state index contributed by atoms with van der Waals surface area (Å²) in [6.45, 7) is 2.19. The summed E-state index contributed by atoms with van der Waals surface area (Å²) in [6.07, 6.45) is 4.21. The van der Waals surface area contributed by atoms with Crippen LogP contribution in [0.4, 0.5) is 10.3 Å². The van der Waals surface area contributed by atoms with Crippen LogP contribution in [0.25, 0.3) is 0 Å². The van der Waals surface area contributed by atoms with Gasteiger partial charge in [-0.25, -0.2) is 19.3 Å². The fourth-order valence-corrected chi connectivity index (χ4v) is 2.48. The van der Waals surface area contributed by atoms with Gasteiger partial charge in [0.2, 0.25) is 11.8 Å². The largest absolute Gasteiger partial charge is 0.479 e. The van der Waals surface area contributed by atoms with Gasteiger partial charge in [-0.3, -0.25) is 4.90 Å². The van der Waals surface area contributed by atoms with Gasteiger partial charge in [0.1, 0.15) is 0 Å². The summed E-state index contributed by atoms with van der Waals surface area (Å²) >= 11 is 0. The van der Waals surface area contributed by atoms with Crippen LogP contribution >= 0.6 is 0 Å². The lowest BCUT2D eigenvalue weighted by molar-refractivity contribution is 0.242. The lowest BCUT2D eigenvalue weighted by Gasteiger charge is -2.27. The van der Waals surface area contributed by atoms with Crippen molar-refractivity contribution >= 4 is 5.95 Å². The summed E-state index contributed by atoms with van der Waals surface area (Å²) in [6, 6.07) is 1.46. The predicted octanol–water partition coefficient (Wildman–Crippen LogP) is 1.16. The molecule has 0 saturated heterocycles. The first-order valence-electron chi connectivity index (χ1n) is 6.66. The minimum absolute atomic E-state index is 0.0200. The zero-order chi connectivity index (χ0) is 14.8. The summed E-state index contributed by atoms with van der Waals surface area (Å²) in [5.74, 6) is -0.112. The zero-order valence-electron chi connectivity index (χ0n) is 11.7. The lowest BCUT2D eigenvalue weighted by Crippen LogP contribution is -2.31. The SMILES string of the molecule is COc1ncc(CN2CCc3nc(N)ncc3C2)cc1F. The normalized spacial score (nSPS) is 14.8. The molecule has 0 fully saturated rings. The van der Waals surface area contributed by atoms with Crippen LogP contribution in [0, 0.1) is 5.82 Å². The van der Waals surface area contributed by atoms with E-state index < -0.39 is 5.82 Å². The number of hydrogen-bond donors (Lipinski definition) is 1. The van der Waals surface area contributed by atoms with Crippen molar-refractivity contribution in [3.63, 3.8) is 0 Å². The molecule has 0 radical (unpaired) electrons. The Balaban J connectivity index is 1.72. The second-order valence-electron chi connectivity index (χ2n) is 5.00. The molecule has 0 bridgehead atoms. The number of anilines is 1. The number of ether oxygens (including phenoxy) is 1. The van der Waals surface area contributed by atoms with Gasteiger partial charge in [0.05, 0.1) is 12.8 Å². The number of aromatic nitrogens is 3. The molecule has 110 valence electrons. The van der Waals surface area contributed by atoms with Crippen molar-refractivity contribution in [2.45, 2.75) is 19.5 Å². The summed E-state index contributed by atoms with van der Waals surface area (Å²) in [5, 5.41) is 0. The number of halogens is 1. The lowest BCUT2D eigenvalue weighted by atomic mass is 10.1. The number of hydrogen-bond acceptors (Lipinski definition) is 6. The van der Waals surface area contributed by atoms with Crippen LogP contribution in [0.5, 0.6) is 5.88 Å². The van der Waals surface area contributed by atoms with Crippen LogP contribution in [0.15, 0.2) is 18.5 Å². The van der Waals surface area contributed by atoms with Crippen molar-refractivity contribution in [2.24, 2.45) is 0 Å². The van der Waals surface area contributed by atoms with E-state index >= 15 is 0 Å². The van der Waals surface area contributed by atoms with Gasteiger partial charge in [-0.15, -0.1) is 0 Å². The fourth-order valence-electron chi connectivity index (χ4n) is 2.48. The molecule has 0 atom stereocenters. The number of nitrogens with two attached hydrogens (primary N) is 1. The molecule has 2 N–H and O–H groups in total. The molecular formula is C14H16FN5O. The van der Waals surface area contributed by atoms with Gasteiger partial charge in [-0.1, -0.05) is 0 Å². The van der Waals surface area contributed by atoms with E-state index in [-0.39, 0.29) is 5.88 Å². The molecule has 6 nitrogen and oxygen atoms in total. The molecule has 7 heteroatoms. The van der Waals surface area contributed by atoms with Crippen molar-refractivity contribution in [3.8, 4) is 5.88 Å². The van der Waals surface area contributed by atoms with Crippen LogP contribution in [0.1, 0.15) is 16.8 Å². The Bertz CT molecular complexity index is 664. The van der Waals surface area contributed by atoms with Crippen molar-refractivity contribution < 1.29 is 9.13 Å². The predicted molar refractivity (Wildman–Crippen MR) is 75.0 cm³/mol. The molecule has 3 heterocycles. The monoisotopic (exact) mass is 289 g/mol. The van der Waals surface area contributed by atoms with E-state index in [4.69, 9.17) is 10.5 Å². The number of pyridine rings is 1. The molecule has 1 aliphatic rings. The van der Waals surface area contributed by atoms with E-state index in [1.54, 1.807) is 12.4 Å². The minimum atomic E-state index is -0.441. The maximum atomic E-state index is 13.6. The second-order valence-corrected chi connectivity index (χ2v) is 5.00. The third-order valence-electron chi connectivity index (χ3n) is 3.50. The van der Waals surface area contributed by atoms with Gasteiger partial charge in [0.15, 0.2) is 5.82 Å². The Labute approximate surface area is 121 Å². The van der Waals surface area contributed by atoms with Crippen LogP contribution < -0.4 is 10.5 Å². The highest BCUT2D eigenvalue weighted by molar-refractivity contribution is 5.27. The van der Waals surface area contributed by atoms with E-state index in [1.165, 1.54) is 13.2 Å². The Kier molecular flexibility index (Phi) is 3.66. The molecule has 0 spiro atoms. The topological polar surface area (TPSA) is 77.2 Å². The van der Waals surface area contributed by atoms with Crippen molar-refractivity contribution in [3.05, 3.63) is 41.1 Å². The van der Waals surface area contributed by atoms with E-state index in [2.05, 4.69) is 19.9 Å². The molecule has 0 amide bonds. The standard InChI is InChI=1S/C14H16FN5O/c1-21-13-11(15)4-9(5-17-13)7-20-3-2-12-10(8-20)6-18-14(16)19-12/h4-6H,2-3,7-8H2,1H3,(H2,16,18,19). The van der Waals surface area contributed by atoms with Gasteiger partial charge in [-0.2, -0.15) is 0 Å². The minimum Gasteiger partial charge on any atom is -0.479 e. The first kappa shape index (κ1) is 13.7. The van der Waals surface area contributed by atoms with Gasteiger partial charge >= 0.3 is 0 Å². The highest BCUT2D eigenvalue weighted by Gasteiger charge is 2.18. The highest BCUT2D eigenvalue weighted by atomic mass is 19.1. The fraction of sp³-hybridized carbons (Fsp3) is 0.357. The molecule has 21 heavy (non-hydrogen) atoms. The Morgan fingerprint density at radius 1 is 1.38 bits per heavy atom. The summed E-state index contributed by atoms with van der Waals surface area (Å²) in [4.78, 5) is 14.4. The van der Waals surface area contributed by atoms with Gasteiger partial charge in [0, 0.05) is 44.0 Å². The molecule has 2 aromatic heterocycles. The van der Waals surface area contributed by atoms with Crippen LogP contribution in [0.3, 0.4) is 0 Å². The zero-order valence-corrected chi connectivity index (χ0v) is 11.7. The van der Waals surface area contributed by atoms with Gasteiger partial charge < -0.3 is 10.5 Å². The summed E-state index contributed by atoms with van der Waals surface area (Å²) in [7, 11) is 1.40. The molecule has 0 unspecified atom stereocenters. The third kappa shape index (κ3) is 2.92. The molecule has 0 saturated carbocycles. The molecule has 1 aliphatic heterocycles. The van der Waals surface area contributed by atoms with E-state index in [9.17, 15) is 4.39 Å². The number of nitrogen functional groups attached to an aromatic ring is 1. The number of rotatable bonds is 3. The van der Waals surface area contributed by atoms with E-state index in [0.717, 1.165) is 36.3 Å². The molecule has 0 aliphatic carbocycles. The van der Waals surface area contributed by atoms with E-state index in [0.29, 0.717) is 12.5 Å². The van der Waals surface area contributed by atoms with Gasteiger partial charge in [-0.05, 0) is 11.6 Å². The van der Waals surface area contributed by atoms with Crippen LogP contribution in [0.2, 0.25) is 0 Å².